The fraction of sp³-hybridized carbons (Fsp3) is 0.353. The molecule has 0 radical (unpaired) electrons. The van der Waals surface area contributed by atoms with Crippen LogP contribution in [0.4, 0.5) is 0 Å². The number of nitrogens with one attached hydrogen (secondary N) is 2. The van der Waals surface area contributed by atoms with Crippen LogP contribution in [0.2, 0.25) is 0 Å². The van der Waals surface area contributed by atoms with E-state index in [4.69, 9.17) is 9.47 Å². The molecular formula is C34H39N3O4. The average molecular weight is 554 g/mol. The quantitative estimate of drug-likeness (QED) is 0.239. The number of rotatable bonds is 11. The van der Waals surface area contributed by atoms with Crippen LogP contribution < -0.4 is 14.8 Å². The van der Waals surface area contributed by atoms with Gasteiger partial charge in [0.2, 0.25) is 11.8 Å². The van der Waals surface area contributed by atoms with Gasteiger partial charge in [0.05, 0.1) is 20.6 Å². The number of para-hydroxylation sites is 1. The van der Waals surface area contributed by atoms with Crippen LogP contribution in [0.5, 0.6) is 11.5 Å². The Morgan fingerprint density at radius 2 is 1.66 bits per heavy atom. The van der Waals surface area contributed by atoms with E-state index in [0.29, 0.717) is 30.0 Å². The van der Waals surface area contributed by atoms with Crippen molar-refractivity contribution in [3.05, 3.63) is 95.7 Å². The van der Waals surface area contributed by atoms with E-state index in [9.17, 15) is 9.59 Å². The van der Waals surface area contributed by atoms with Gasteiger partial charge in [-0.25, -0.2) is 0 Å². The molecule has 0 saturated heterocycles. The van der Waals surface area contributed by atoms with E-state index in [0.717, 1.165) is 47.7 Å². The Morgan fingerprint density at radius 1 is 0.927 bits per heavy atom. The van der Waals surface area contributed by atoms with Gasteiger partial charge in [0, 0.05) is 29.7 Å². The van der Waals surface area contributed by atoms with Crippen LogP contribution in [-0.2, 0) is 22.4 Å². The first-order valence-corrected chi connectivity index (χ1v) is 14.5. The van der Waals surface area contributed by atoms with Crippen LogP contribution in [-0.4, -0.2) is 48.5 Å². The van der Waals surface area contributed by atoms with E-state index in [2.05, 4.69) is 22.4 Å². The highest BCUT2D eigenvalue weighted by molar-refractivity contribution is 5.92. The van der Waals surface area contributed by atoms with Gasteiger partial charge in [-0.2, -0.15) is 0 Å². The number of aromatic nitrogens is 1. The molecule has 214 valence electrons. The molecule has 1 saturated carbocycles. The molecular weight excluding hydrogens is 514 g/mol. The molecule has 1 aliphatic rings. The van der Waals surface area contributed by atoms with Gasteiger partial charge in [0.25, 0.3) is 0 Å². The Balaban J connectivity index is 1.52. The summed E-state index contributed by atoms with van der Waals surface area (Å²) in [7, 11) is 3.16. The van der Waals surface area contributed by atoms with Crippen molar-refractivity contribution >= 4 is 22.7 Å². The third-order valence-electron chi connectivity index (χ3n) is 8.06. The zero-order valence-corrected chi connectivity index (χ0v) is 23.9. The summed E-state index contributed by atoms with van der Waals surface area (Å²) < 4.78 is 11.1. The zero-order chi connectivity index (χ0) is 28.6. The highest BCUT2D eigenvalue weighted by Gasteiger charge is 2.33. The molecule has 0 aliphatic heterocycles. The molecule has 1 heterocycles. The van der Waals surface area contributed by atoms with Gasteiger partial charge < -0.3 is 24.7 Å². The van der Waals surface area contributed by atoms with Crippen molar-refractivity contribution in [2.75, 3.05) is 20.8 Å². The second kappa shape index (κ2) is 13.4. The first kappa shape index (κ1) is 28.3. The van der Waals surface area contributed by atoms with Gasteiger partial charge in [0.15, 0.2) is 11.5 Å². The minimum absolute atomic E-state index is 0.107. The Bertz CT molecular complexity index is 1460. The maximum Gasteiger partial charge on any atom is 0.247 e. The first-order chi connectivity index (χ1) is 20.1. The maximum atomic E-state index is 14.2. The minimum Gasteiger partial charge on any atom is -0.493 e. The van der Waals surface area contributed by atoms with Crippen molar-refractivity contribution < 1.29 is 19.1 Å². The molecule has 2 amide bonds. The molecule has 1 aliphatic carbocycles. The number of amides is 2. The third-order valence-corrected chi connectivity index (χ3v) is 8.06. The summed E-state index contributed by atoms with van der Waals surface area (Å²) in [5, 5.41) is 4.31. The van der Waals surface area contributed by atoms with Crippen molar-refractivity contribution in [1.29, 1.82) is 0 Å². The third kappa shape index (κ3) is 6.73. The lowest BCUT2D eigenvalue weighted by molar-refractivity contribution is -0.140. The topological polar surface area (TPSA) is 83.7 Å². The summed E-state index contributed by atoms with van der Waals surface area (Å²) in [6.07, 6.45) is 8.01. The van der Waals surface area contributed by atoms with E-state index >= 15 is 0 Å². The normalized spacial score (nSPS) is 14.4. The second-order valence-electron chi connectivity index (χ2n) is 10.7. The standard InChI is InChI=1S/C34H39N3O4/c1-40-30-18-17-25(21-31(30)41-2)33(34(39)36-27-13-7-4-8-14-27)37(20-19-24-11-5-3-6-12-24)32(38)22-26-23-35-29-16-10-9-15-28(26)29/h3,5-6,9-12,15-18,21,23,27,33,35H,4,7-8,13-14,19-20,22H2,1-2H3,(H,36,39)/t33-/m1/s1. The van der Waals surface area contributed by atoms with E-state index in [1.807, 2.05) is 60.8 Å². The van der Waals surface area contributed by atoms with Crippen LogP contribution in [0, 0.1) is 0 Å². The summed E-state index contributed by atoms with van der Waals surface area (Å²) in [5.74, 6) is 0.824. The predicted molar refractivity (Wildman–Crippen MR) is 161 cm³/mol. The summed E-state index contributed by atoms with van der Waals surface area (Å²) >= 11 is 0. The molecule has 1 fully saturated rings. The van der Waals surface area contributed by atoms with Crippen LogP contribution >= 0.6 is 0 Å². The minimum atomic E-state index is -0.821. The number of carbonyl (C=O) groups excluding carboxylic acids is 2. The number of aromatic amines is 1. The summed E-state index contributed by atoms with van der Waals surface area (Å²) in [6.45, 7) is 0.391. The predicted octanol–water partition coefficient (Wildman–Crippen LogP) is 5.99. The lowest BCUT2D eigenvalue weighted by Crippen LogP contribution is -2.48. The molecule has 0 unspecified atom stereocenters. The van der Waals surface area contributed by atoms with Gasteiger partial charge in [-0.05, 0) is 54.2 Å². The molecule has 7 heteroatoms. The van der Waals surface area contributed by atoms with E-state index in [1.54, 1.807) is 25.2 Å². The van der Waals surface area contributed by atoms with Crippen molar-refractivity contribution in [1.82, 2.24) is 15.2 Å². The molecule has 1 atom stereocenters. The smallest absolute Gasteiger partial charge is 0.247 e. The molecule has 4 aromatic rings. The monoisotopic (exact) mass is 553 g/mol. The maximum absolute atomic E-state index is 14.2. The highest BCUT2D eigenvalue weighted by atomic mass is 16.5. The van der Waals surface area contributed by atoms with Crippen molar-refractivity contribution in [3.63, 3.8) is 0 Å². The number of fused-ring (bicyclic) bond motifs is 1. The Hall–Kier alpha value is -4.26. The fourth-order valence-corrected chi connectivity index (χ4v) is 5.86. The molecule has 3 aromatic carbocycles. The molecule has 1 aromatic heterocycles. The Morgan fingerprint density at radius 3 is 2.41 bits per heavy atom. The second-order valence-corrected chi connectivity index (χ2v) is 10.7. The number of H-pyrrole nitrogens is 1. The van der Waals surface area contributed by atoms with Crippen molar-refractivity contribution in [3.8, 4) is 11.5 Å². The number of ether oxygens (including phenoxy) is 2. The van der Waals surface area contributed by atoms with Crippen LogP contribution in [0.25, 0.3) is 10.9 Å². The molecule has 41 heavy (non-hydrogen) atoms. The number of benzene rings is 3. The first-order valence-electron chi connectivity index (χ1n) is 14.5. The van der Waals surface area contributed by atoms with Crippen molar-refractivity contribution in [2.45, 2.75) is 57.0 Å². The zero-order valence-electron chi connectivity index (χ0n) is 23.9. The van der Waals surface area contributed by atoms with Gasteiger partial charge in [-0.15, -0.1) is 0 Å². The SMILES string of the molecule is COc1ccc([C@H](C(=O)NC2CCCCC2)N(CCc2ccccc2)C(=O)Cc2c[nH]c3ccccc23)cc1OC. The van der Waals surface area contributed by atoms with E-state index in [-0.39, 0.29) is 24.3 Å². The average Bonchev–Trinajstić information content (AvgIpc) is 3.42. The molecule has 5 rings (SSSR count). The summed E-state index contributed by atoms with van der Waals surface area (Å²) in [6, 6.07) is 22.8. The van der Waals surface area contributed by atoms with E-state index < -0.39 is 6.04 Å². The number of hydrogen-bond donors (Lipinski definition) is 2. The number of hydrogen-bond acceptors (Lipinski definition) is 4. The number of carbonyl (C=O) groups is 2. The van der Waals surface area contributed by atoms with Gasteiger partial charge in [0.1, 0.15) is 6.04 Å². The Kier molecular flexibility index (Phi) is 9.24. The lowest BCUT2D eigenvalue weighted by atomic mass is 9.94. The molecule has 7 nitrogen and oxygen atoms in total. The number of nitrogens with zero attached hydrogens (tertiary/aromatic N) is 1. The lowest BCUT2D eigenvalue weighted by Gasteiger charge is -2.34. The Labute approximate surface area is 241 Å². The molecule has 0 bridgehead atoms. The van der Waals surface area contributed by atoms with E-state index in [1.165, 1.54) is 6.42 Å². The van der Waals surface area contributed by atoms with Crippen LogP contribution in [0.15, 0.2) is 79.0 Å². The fourth-order valence-electron chi connectivity index (χ4n) is 5.86. The summed E-state index contributed by atoms with van der Waals surface area (Å²) in [4.78, 5) is 33.4. The van der Waals surface area contributed by atoms with Crippen LogP contribution in [0.3, 0.4) is 0 Å². The van der Waals surface area contributed by atoms with Gasteiger partial charge in [-0.3, -0.25) is 9.59 Å². The molecule has 2 N–H and O–H groups in total. The van der Waals surface area contributed by atoms with Gasteiger partial charge >= 0.3 is 0 Å². The van der Waals surface area contributed by atoms with Crippen molar-refractivity contribution in [2.24, 2.45) is 0 Å². The number of methoxy groups -OCH3 is 2. The largest absolute Gasteiger partial charge is 0.493 e. The molecule has 0 spiro atoms. The summed E-state index contributed by atoms with van der Waals surface area (Å²) in [5.41, 5.74) is 3.69. The highest BCUT2D eigenvalue weighted by Crippen LogP contribution is 2.33. The van der Waals surface area contributed by atoms with Gasteiger partial charge in [-0.1, -0.05) is 73.9 Å². The van der Waals surface area contributed by atoms with Crippen LogP contribution in [0.1, 0.15) is 54.8 Å².